The number of benzene rings is 5. The second-order valence-electron chi connectivity index (χ2n) is 36.0. The van der Waals surface area contributed by atoms with Crippen molar-refractivity contribution in [1.29, 1.82) is 0 Å². The SMILES string of the molecule is COCCOCCOCCOCCOCCOCCOCCOCCOCCOCCOCCOCCCC1(CCCOCCOCCOCCOCCOCCOCCOCCOCCOCCOCCOCCOC)c2cc(-c3ccc(CCCC(=O)O)cc3)ccc2-c2ccc(-c3ccc4c(c3)C(C)(CCCCNC(=O)CC(C)(C)C)c3cc([B]OC(C)(C)C(C)(C)O)ccc3-4)cc21. The van der Waals surface area contributed by atoms with E-state index < -0.39 is 28.0 Å². The maximum atomic E-state index is 13.0. The van der Waals surface area contributed by atoms with Gasteiger partial charge in [0.1, 0.15) is 0 Å². The van der Waals surface area contributed by atoms with Gasteiger partial charge in [0.2, 0.25) is 5.91 Å². The average Bonchev–Trinajstić information content (AvgIpc) is 1.56. The molecule has 1 amide bonds. The zero-order valence-corrected chi connectivity index (χ0v) is 83.7. The van der Waals surface area contributed by atoms with Crippen molar-refractivity contribution in [2.45, 2.75) is 148 Å². The van der Waals surface area contributed by atoms with Gasteiger partial charge < -0.3 is 134 Å². The van der Waals surface area contributed by atoms with E-state index >= 15 is 0 Å². The minimum Gasteiger partial charge on any atom is -0.481 e. The summed E-state index contributed by atoms with van der Waals surface area (Å²) in [5, 5.41) is 23.7. The highest BCUT2D eigenvalue weighted by Crippen LogP contribution is 2.57. The molecule has 0 bridgehead atoms. The van der Waals surface area contributed by atoms with Crippen LogP contribution in [0.3, 0.4) is 0 Å². The number of rotatable bonds is 90. The Kier molecular flexibility index (Phi) is 60.8. The van der Waals surface area contributed by atoms with Crippen molar-refractivity contribution in [3.05, 3.63) is 125 Å². The largest absolute Gasteiger partial charge is 0.481 e. The van der Waals surface area contributed by atoms with E-state index in [-0.39, 0.29) is 17.7 Å². The van der Waals surface area contributed by atoms with Gasteiger partial charge in [-0.05, 0) is 175 Å². The fourth-order valence-corrected chi connectivity index (χ4v) is 15.6. The first-order valence-corrected chi connectivity index (χ1v) is 49.3. The van der Waals surface area contributed by atoms with Crippen LogP contribution in [0, 0.1) is 5.41 Å². The molecule has 0 heterocycles. The number of aliphatic hydroxyl groups is 1. The molecule has 767 valence electrons. The lowest BCUT2D eigenvalue weighted by molar-refractivity contribution is -0.137. The molecule has 0 fully saturated rings. The van der Waals surface area contributed by atoms with Gasteiger partial charge in [-0.25, -0.2) is 0 Å². The predicted octanol–water partition coefficient (Wildman–Crippen LogP) is 12.7. The van der Waals surface area contributed by atoms with Crippen molar-refractivity contribution < 1.29 is 138 Å². The van der Waals surface area contributed by atoms with Crippen molar-refractivity contribution in [1.82, 2.24) is 5.32 Å². The van der Waals surface area contributed by atoms with Gasteiger partial charge in [-0.2, -0.15) is 0 Å². The van der Waals surface area contributed by atoms with E-state index in [4.69, 9.17) is 118 Å². The number of hydrogen-bond acceptors (Lipinski definition) is 28. The fourth-order valence-electron chi connectivity index (χ4n) is 15.6. The molecule has 0 aliphatic heterocycles. The molecule has 136 heavy (non-hydrogen) atoms. The van der Waals surface area contributed by atoms with Crippen LogP contribution in [-0.4, -0.2) is 365 Å². The molecule has 0 saturated carbocycles. The number of fused-ring (bicyclic) bond motifs is 6. The number of aryl methyl sites for hydroxylation is 1. The molecular formula is C105H165BNO29. The number of methoxy groups -OCH3 is 2. The van der Waals surface area contributed by atoms with E-state index in [1.165, 1.54) is 44.5 Å². The standard InChI is InChI=1S/C105H165BNO29/c1-101(2,3)84-99(108)107-33-12-11-30-104(8)95-80-88(23-26-91(95)92-29-25-90(83-96(92)104)106-136-103(6,7)102(4,5)111)89-24-28-94-93-27-22-87(86-20-18-85(19-21-86)16-13-17-100(109)110)81-97(93)105(98(94)82-89,31-14-34-114-40-42-118-48-50-122-56-58-126-64-66-130-72-74-134-78-76-132-70-68-128-62-60-124-54-52-120-46-44-116-38-36-112-9)32-15-35-115-41-43-119-49-51-123-57-59-127-65-67-131-73-75-135-79-77-133-71-69-129-63-61-125-55-53-121-47-45-117-39-37-113-10/h18-29,80-83,111H,11-17,30-79,84H2,1-10H3,(H,107,108)(H,109,110). The minimum absolute atomic E-state index is 0.0730. The highest BCUT2D eigenvalue weighted by Gasteiger charge is 2.44. The van der Waals surface area contributed by atoms with Crippen LogP contribution >= 0.6 is 0 Å². The van der Waals surface area contributed by atoms with Crippen LogP contribution in [0.25, 0.3) is 44.5 Å². The number of carbonyl (C=O) groups is 2. The van der Waals surface area contributed by atoms with Crippen LogP contribution in [0.5, 0.6) is 0 Å². The average molecular weight is 1920 g/mol. The zero-order chi connectivity index (χ0) is 97.2. The minimum atomic E-state index is -1.09. The number of ether oxygens (including phenoxy) is 24. The second-order valence-corrected chi connectivity index (χ2v) is 36.0. The Hall–Kier alpha value is -5.94. The molecule has 3 N–H and O–H groups in total. The molecule has 0 spiro atoms. The number of carboxylic acid groups (broad SMARTS) is 1. The third-order valence-corrected chi connectivity index (χ3v) is 23.5. The van der Waals surface area contributed by atoms with Crippen LogP contribution in [-0.2, 0) is 145 Å². The molecule has 1 radical (unpaired) electrons. The lowest BCUT2D eigenvalue weighted by Crippen LogP contribution is -2.49. The van der Waals surface area contributed by atoms with Crippen LogP contribution in [0.1, 0.15) is 147 Å². The van der Waals surface area contributed by atoms with Crippen LogP contribution < -0.4 is 10.8 Å². The number of aliphatic carboxylic acids is 1. The van der Waals surface area contributed by atoms with Crippen molar-refractivity contribution >= 4 is 24.8 Å². The van der Waals surface area contributed by atoms with Crippen molar-refractivity contribution in [3.63, 3.8) is 0 Å². The van der Waals surface area contributed by atoms with Gasteiger partial charge in [0.15, 0.2) is 0 Å². The fraction of sp³-hybridized carbons (Fsp3) is 0.695. The molecule has 0 aromatic heterocycles. The quantitative estimate of drug-likeness (QED) is 0.0240. The van der Waals surface area contributed by atoms with Crippen LogP contribution in [0.2, 0.25) is 0 Å². The van der Waals surface area contributed by atoms with Gasteiger partial charge in [-0.3, -0.25) is 9.59 Å². The number of hydrogen-bond donors (Lipinski definition) is 3. The molecule has 30 nitrogen and oxygen atoms in total. The Morgan fingerprint density at radius 2 is 0.603 bits per heavy atom. The van der Waals surface area contributed by atoms with Gasteiger partial charge in [0.05, 0.1) is 302 Å². The monoisotopic (exact) mass is 1920 g/mol. The Labute approximate surface area is 811 Å². The number of carboxylic acids is 1. The van der Waals surface area contributed by atoms with E-state index in [1.807, 2.05) is 13.8 Å². The van der Waals surface area contributed by atoms with Gasteiger partial charge in [0.25, 0.3) is 0 Å². The topological polar surface area (TPSA) is 317 Å². The van der Waals surface area contributed by atoms with Crippen LogP contribution in [0.15, 0.2) is 97.1 Å². The predicted molar refractivity (Wildman–Crippen MR) is 524 cm³/mol. The van der Waals surface area contributed by atoms with E-state index in [2.05, 4.69) is 130 Å². The van der Waals surface area contributed by atoms with Crippen molar-refractivity contribution in [2.24, 2.45) is 5.41 Å². The molecule has 7 rings (SSSR count). The summed E-state index contributed by atoms with van der Waals surface area (Å²) < 4.78 is 142. The molecule has 2 aliphatic rings. The first-order chi connectivity index (χ1) is 66.2. The third kappa shape index (κ3) is 47.3. The van der Waals surface area contributed by atoms with E-state index in [0.717, 1.165) is 78.2 Å². The molecular weight excluding hydrogens is 1750 g/mol. The second kappa shape index (κ2) is 70.7. The molecule has 5 aromatic rings. The molecule has 0 saturated heterocycles. The van der Waals surface area contributed by atoms with Gasteiger partial charge in [-0.1, -0.05) is 118 Å². The van der Waals surface area contributed by atoms with E-state index in [9.17, 15) is 19.8 Å². The van der Waals surface area contributed by atoms with E-state index in [0.29, 0.717) is 330 Å². The van der Waals surface area contributed by atoms with Crippen molar-refractivity contribution in [3.8, 4) is 44.5 Å². The Morgan fingerprint density at radius 3 is 0.912 bits per heavy atom. The number of carbonyl (C=O) groups excluding carboxylic acids is 1. The van der Waals surface area contributed by atoms with Gasteiger partial charge >= 0.3 is 13.5 Å². The summed E-state index contributed by atoms with van der Waals surface area (Å²) >= 11 is 0. The first-order valence-electron chi connectivity index (χ1n) is 49.3. The lowest BCUT2D eigenvalue weighted by Gasteiger charge is -2.37. The zero-order valence-electron chi connectivity index (χ0n) is 83.7. The Bertz CT molecular complexity index is 3840. The van der Waals surface area contributed by atoms with E-state index in [1.54, 1.807) is 35.5 Å². The van der Waals surface area contributed by atoms with Gasteiger partial charge in [-0.15, -0.1) is 0 Å². The summed E-state index contributed by atoms with van der Waals surface area (Å²) in [5.74, 6) is -0.719. The number of amides is 1. The smallest absolute Gasteiger partial charge is 0.330 e. The number of nitrogens with one attached hydrogen (secondary N) is 1. The summed E-state index contributed by atoms with van der Waals surface area (Å²) in [7, 11) is 5.07. The molecule has 5 aromatic carbocycles. The molecule has 1 unspecified atom stereocenters. The lowest BCUT2D eigenvalue weighted by atomic mass is 9.70. The summed E-state index contributed by atoms with van der Waals surface area (Å²) in [4.78, 5) is 24.5. The highest BCUT2D eigenvalue weighted by atomic mass is 16.6. The van der Waals surface area contributed by atoms with Crippen molar-refractivity contribution in [2.75, 3.05) is 325 Å². The Balaban J connectivity index is 0.905. The van der Waals surface area contributed by atoms with Gasteiger partial charge in [0, 0.05) is 57.6 Å². The van der Waals surface area contributed by atoms with Crippen LogP contribution in [0.4, 0.5) is 0 Å². The summed E-state index contributed by atoms with van der Waals surface area (Å²) in [6.45, 7) is 38.5. The summed E-state index contributed by atoms with van der Waals surface area (Å²) in [6.07, 6.45) is 7.51. The summed E-state index contributed by atoms with van der Waals surface area (Å²) in [6, 6.07) is 36.2. The molecule has 31 heteroatoms. The Morgan fingerprint density at radius 1 is 0.324 bits per heavy atom. The number of unbranched alkanes of at least 4 members (excludes halogenated alkanes) is 1. The summed E-state index contributed by atoms with van der Waals surface area (Å²) in [5.41, 5.74) is 13.3. The maximum Gasteiger partial charge on any atom is 0.330 e. The molecule has 1 atom stereocenters. The maximum absolute atomic E-state index is 13.0. The third-order valence-electron chi connectivity index (χ3n) is 23.5. The highest BCUT2D eigenvalue weighted by molar-refractivity contribution is 6.47. The normalized spacial score (nSPS) is 14.0. The molecule has 2 aliphatic carbocycles. The first kappa shape index (κ1) is 117.